The van der Waals surface area contributed by atoms with Gasteiger partial charge in [0.2, 0.25) is 0 Å². The molecule has 0 aromatic heterocycles. The molecule has 1 fully saturated rings. The first-order valence-electron chi connectivity index (χ1n) is 7.50. The number of hydrogen-bond acceptors (Lipinski definition) is 3. The average molecular weight is 302 g/mol. The van der Waals surface area contributed by atoms with Crippen molar-refractivity contribution in [3.8, 4) is 0 Å². The molecule has 0 spiro atoms. The highest BCUT2D eigenvalue weighted by atomic mass is 16.5. The number of allylic oxidation sites excluding steroid dienone is 1. The van der Waals surface area contributed by atoms with Gasteiger partial charge in [-0.2, -0.15) is 0 Å². The van der Waals surface area contributed by atoms with Crippen molar-refractivity contribution in [1.29, 1.82) is 0 Å². The first-order chi connectivity index (χ1) is 10.5. The molecule has 0 saturated carbocycles. The van der Waals surface area contributed by atoms with Crippen LogP contribution in [-0.2, 0) is 4.74 Å². The van der Waals surface area contributed by atoms with E-state index in [1.54, 1.807) is 36.1 Å². The Bertz CT molecular complexity index is 574. The Hall–Kier alpha value is -2.30. The van der Waals surface area contributed by atoms with E-state index in [1.807, 2.05) is 24.8 Å². The van der Waals surface area contributed by atoms with Crippen molar-refractivity contribution in [2.24, 2.45) is 0 Å². The molecule has 0 N–H and O–H groups in total. The number of carbonyl (C=O) groups excluding carboxylic acids is 2. The highest BCUT2D eigenvalue weighted by molar-refractivity contribution is 5.95. The molecule has 0 radical (unpaired) electrons. The molecule has 1 aromatic carbocycles. The summed E-state index contributed by atoms with van der Waals surface area (Å²) in [6.07, 6.45) is 2.05. The lowest BCUT2D eigenvalue weighted by molar-refractivity contribution is 0.0526. The molecule has 5 nitrogen and oxygen atoms in total. The Morgan fingerprint density at radius 3 is 2.50 bits per heavy atom. The maximum Gasteiger partial charge on any atom is 0.338 e. The third-order valence-electron chi connectivity index (χ3n) is 3.50. The zero-order chi connectivity index (χ0) is 16.1. The van der Waals surface area contributed by atoms with Crippen LogP contribution in [0.5, 0.6) is 0 Å². The van der Waals surface area contributed by atoms with E-state index in [2.05, 4.69) is 0 Å². The summed E-state index contributed by atoms with van der Waals surface area (Å²) in [6.45, 7) is 8.18. The van der Waals surface area contributed by atoms with Crippen LogP contribution in [0.1, 0.15) is 31.1 Å². The highest BCUT2D eigenvalue weighted by Gasteiger charge is 2.28. The lowest BCUT2D eigenvalue weighted by Crippen LogP contribution is -2.32. The third-order valence-corrected chi connectivity index (χ3v) is 3.50. The van der Waals surface area contributed by atoms with Crippen LogP contribution >= 0.6 is 0 Å². The van der Waals surface area contributed by atoms with E-state index in [0.29, 0.717) is 31.8 Å². The van der Waals surface area contributed by atoms with E-state index in [9.17, 15) is 9.59 Å². The van der Waals surface area contributed by atoms with Gasteiger partial charge in [-0.05, 0) is 45.0 Å². The molecule has 0 unspecified atom stereocenters. The maximum atomic E-state index is 12.4. The molecule has 0 aliphatic carbocycles. The zero-order valence-electron chi connectivity index (χ0n) is 13.3. The molecule has 2 amide bonds. The molecule has 22 heavy (non-hydrogen) atoms. The minimum absolute atomic E-state index is 0.00128. The largest absolute Gasteiger partial charge is 0.462 e. The van der Waals surface area contributed by atoms with Crippen molar-refractivity contribution in [3.63, 3.8) is 0 Å². The lowest BCUT2D eigenvalue weighted by atomic mass is 10.2. The minimum Gasteiger partial charge on any atom is -0.462 e. The van der Waals surface area contributed by atoms with Crippen molar-refractivity contribution in [2.75, 3.05) is 31.1 Å². The van der Waals surface area contributed by atoms with Crippen LogP contribution in [0.3, 0.4) is 0 Å². The van der Waals surface area contributed by atoms with Crippen molar-refractivity contribution in [1.82, 2.24) is 4.90 Å². The number of rotatable bonds is 5. The predicted octanol–water partition coefficient (Wildman–Crippen LogP) is 3.07. The van der Waals surface area contributed by atoms with Crippen LogP contribution in [-0.4, -0.2) is 43.1 Å². The molecule has 1 aromatic rings. The molecule has 5 heteroatoms. The number of ether oxygens (including phenoxy) is 1. The number of benzene rings is 1. The molecule has 118 valence electrons. The second-order valence-electron chi connectivity index (χ2n) is 5.43. The average Bonchev–Trinajstić information content (AvgIpc) is 2.86. The van der Waals surface area contributed by atoms with Crippen molar-refractivity contribution in [3.05, 3.63) is 41.5 Å². The standard InChI is InChI=1S/C17H22N2O3/c1-4-22-16(20)14-5-7-15(8-6-14)19-12-11-18(17(19)21)10-9-13(2)3/h5-9H,4,10-12H2,1-3H3. The van der Waals surface area contributed by atoms with E-state index in [-0.39, 0.29) is 12.0 Å². The molecular weight excluding hydrogens is 280 g/mol. The van der Waals surface area contributed by atoms with Gasteiger partial charge in [0, 0.05) is 25.3 Å². The van der Waals surface area contributed by atoms with E-state index < -0.39 is 0 Å². The summed E-state index contributed by atoms with van der Waals surface area (Å²) in [4.78, 5) is 27.5. The van der Waals surface area contributed by atoms with Gasteiger partial charge < -0.3 is 9.64 Å². The van der Waals surface area contributed by atoms with Crippen LogP contribution < -0.4 is 4.90 Å². The predicted molar refractivity (Wildman–Crippen MR) is 86.1 cm³/mol. The van der Waals surface area contributed by atoms with Gasteiger partial charge in [0.05, 0.1) is 12.2 Å². The number of esters is 1. The molecule has 1 aliphatic heterocycles. The van der Waals surface area contributed by atoms with Gasteiger partial charge in [-0.1, -0.05) is 11.6 Å². The van der Waals surface area contributed by atoms with Gasteiger partial charge in [0.1, 0.15) is 0 Å². The first kappa shape index (κ1) is 16.1. The van der Waals surface area contributed by atoms with Gasteiger partial charge in [-0.3, -0.25) is 4.90 Å². The molecule has 1 aliphatic rings. The SMILES string of the molecule is CCOC(=O)c1ccc(N2CCN(CC=C(C)C)C2=O)cc1. The van der Waals surface area contributed by atoms with E-state index in [0.717, 1.165) is 5.69 Å². The first-order valence-corrected chi connectivity index (χ1v) is 7.50. The summed E-state index contributed by atoms with van der Waals surface area (Å²) in [7, 11) is 0. The van der Waals surface area contributed by atoms with E-state index in [4.69, 9.17) is 4.74 Å². The molecule has 0 atom stereocenters. The third kappa shape index (κ3) is 3.67. The normalized spacial score (nSPS) is 14.2. The fourth-order valence-corrected chi connectivity index (χ4v) is 2.28. The minimum atomic E-state index is -0.341. The summed E-state index contributed by atoms with van der Waals surface area (Å²) in [5.41, 5.74) is 2.50. The second-order valence-corrected chi connectivity index (χ2v) is 5.43. The van der Waals surface area contributed by atoms with Crippen LogP contribution in [0.25, 0.3) is 0 Å². The van der Waals surface area contributed by atoms with Crippen molar-refractivity contribution in [2.45, 2.75) is 20.8 Å². The molecular formula is C17H22N2O3. The fraction of sp³-hybridized carbons (Fsp3) is 0.412. The number of hydrogen-bond donors (Lipinski definition) is 0. The lowest BCUT2D eigenvalue weighted by Gasteiger charge is -2.18. The summed E-state index contributed by atoms with van der Waals surface area (Å²) >= 11 is 0. The van der Waals surface area contributed by atoms with Crippen LogP contribution in [0.15, 0.2) is 35.9 Å². The summed E-state index contributed by atoms with van der Waals surface area (Å²) in [6, 6.07) is 6.96. The summed E-state index contributed by atoms with van der Waals surface area (Å²) in [5, 5.41) is 0. The zero-order valence-corrected chi connectivity index (χ0v) is 13.3. The van der Waals surface area contributed by atoms with E-state index >= 15 is 0 Å². The van der Waals surface area contributed by atoms with Gasteiger partial charge >= 0.3 is 12.0 Å². The summed E-state index contributed by atoms with van der Waals surface area (Å²) < 4.78 is 4.95. The Kier molecular flexibility index (Phi) is 5.20. The molecule has 1 heterocycles. The fourth-order valence-electron chi connectivity index (χ4n) is 2.28. The van der Waals surface area contributed by atoms with E-state index in [1.165, 1.54) is 5.57 Å². The number of urea groups is 1. The van der Waals surface area contributed by atoms with Crippen LogP contribution in [0.2, 0.25) is 0 Å². The molecule has 2 rings (SSSR count). The van der Waals surface area contributed by atoms with Gasteiger partial charge in [0.15, 0.2) is 0 Å². The molecule has 1 saturated heterocycles. The van der Waals surface area contributed by atoms with Crippen LogP contribution in [0.4, 0.5) is 10.5 Å². The number of anilines is 1. The number of carbonyl (C=O) groups is 2. The van der Waals surface area contributed by atoms with Crippen molar-refractivity contribution < 1.29 is 14.3 Å². The van der Waals surface area contributed by atoms with Gasteiger partial charge in [-0.15, -0.1) is 0 Å². The second kappa shape index (κ2) is 7.11. The Labute approximate surface area is 131 Å². The topological polar surface area (TPSA) is 49.9 Å². The smallest absolute Gasteiger partial charge is 0.338 e. The Morgan fingerprint density at radius 1 is 1.23 bits per heavy atom. The van der Waals surface area contributed by atoms with Crippen molar-refractivity contribution >= 4 is 17.7 Å². The monoisotopic (exact) mass is 302 g/mol. The number of amides is 2. The highest BCUT2D eigenvalue weighted by Crippen LogP contribution is 2.21. The Balaban J connectivity index is 2.05. The molecule has 0 bridgehead atoms. The summed E-state index contributed by atoms with van der Waals surface area (Å²) in [5.74, 6) is -0.341. The quantitative estimate of drug-likeness (QED) is 0.620. The Morgan fingerprint density at radius 2 is 1.91 bits per heavy atom. The van der Waals surface area contributed by atoms with Gasteiger partial charge in [0.25, 0.3) is 0 Å². The van der Waals surface area contributed by atoms with Crippen LogP contribution in [0, 0.1) is 0 Å². The number of nitrogens with zero attached hydrogens (tertiary/aromatic N) is 2. The maximum absolute atomic E-state index is 12.4. The van der Waals surface area contributed by atoms with Gasteiger partial charge in [-0.25, -0.2) is 9.59 Å².